The zero-order valence-electron chi connectivity index (χ0n) is 11.0. The highest BCUT2D eigenvalue weighted by molar-refractivity contribution is 5.52. The maximum absolute atomic E-state index is 6.22. The first-order valence-electron chi connectivity index (χ1n) is 5.84. The van der Waals surface area contributed by atoms with Crippen LogP contribution < -0.4 is 20.9 Å². The minimum absolute atomic E-state index is 0.353. The SMILES string of the molecule is COc1ccc(C(N)c2cnccc2N)cc1OC. The van der Waals surface area contributed by atoms with Crippen molar-refractivity contribution in [1.82, 2.24) is 4.98 Å². The van der Waals surface area contributed by atoms with E-state index in [0.29, 0.717) is 17.2 Å². The number of benzene rings is 1. The topological polar surface area (TPSA) is 83.4 Å². The second-order valence-corrected chi connectivity index (χ2v) is 4.10. The van der Waals surface area contributed by atoms with Gasteiger partial charge in [0.2, 0.25) is 0 Å². The fourth-order valence-corrected chi connectivity index (χ4v) is 1.90. The van der Waals surface area contributed by atoms with Gasteiger partial charge in [0.1, 0.15) is 0 Å². The summed E-state index contributed by atoms with van der Waals surface area (Å²) in [6, 6.07) is 6.93. The first kappa shape index (κ1) is 13.2. The molecule has 0 fully saturated rings. The lowest BCUT2D eigenvalue weighted by Crippen LogP contribution is -2.14. The number of aromatic nitrogens is 1. The Morgan fingerprint density at radius 3 is 2.47 bits per heavy atom. The Morgan fingerprint density at radius 2 is 1.84 bits per heavy atom. The highest BCUT2D eigenvalue weighted by atomic mass is 16.5. The summed E-state index contributed by atoms with van der Waals surface area (Å²) in [5, 5.41) is 0. The van der Waals surface area contributed by atoms with E-state index in [0.717, 1.165) is 11.1 Å². The summed E-state index contributed by atoms with van der Waals surface area (Å²) in [7, 11) is 3.18. The highest BCUT2D eigenvalue weighted by Gasteiger charge is 2.14. The summed E-state index contributed by atoms with van der Waals surface area (Å²) >= 11 is 0. The second kappa shape index (κ2) is 5.58. The molecular formula is C14H17N3O2. The fraction of sp³-hybridized carbons (Fsp3) is 0.214. The lowest BCUT2D eigenvalue weighted by molar-refractivity contribution is 0.354. The monoisotopic (exact) mass is 259 g/mol. The van der Waals surface area contributed by atoms with Crippen molar-refractivity contribution in [2.24, 2.45) is 5.73 Å². The van der Waals surface area contributed by atoms with Crippen LogP contribution in [0.1, 0.15) is 17.2 Å². The lowest BCUT2D eigenvalue weighted by atomic mass is 9.99. The van der Waals surface area contributed by atoms with E-state index in [1.165, 1.54) is 0 Å². The average molecular weight is 259 g/mol. The normalized spacial score (nSPS) is 11.9. The van der Waals surface area contributed by atoms with Gasteiger partial charge in [0.05, 0.1) is 20.3 Å². The van der Waals surface area contributed by atoms with Crippen LogP contribution in [0.15, 0.2) is 36.7 Å². The first-order chi connectivity index (χ1) is 9.17. The third-order valence-corrected chi connectivity index (χ3v) is 2.99. The zero-order valence-corrected chi connectivity index (χ0v) is 11.0. The largest absolute Gasteiger partial charge is 0.493 e. The molecule has 1 atom stereocenters. The molecule has 5 nitrogen and oxygen atoms in total. The predicted molar refractivity (Wildman–Crippen MR) is 74.2 cm³/mol. The van der Waals surface area contributed by atoms with E-state index in [2.05, 4.69) is 4.98 Å². The molecule has 0 aliphatic rings. The highest BCUT2D eigenvalue weighted by Crippen LogP contribution is 2.32. The standard InChI is InChI=1S/C14H17N3O2/c1-18-12-4-3-9(7-13(12)19-2)14(16)10-8-17-6-5-11(10)15/h3-8,14H,16H2,1-2H3,(H2,15,17). The van der Waals surface area contributed by atoms with Crippen LogP contribution in [0.25, 0.3) is 0 Å². The Labute approximate surface area is 112 Å². The molecular weight excluding hydrogens is 242 g/mol. The van der Waals surface area contributed by atoms with Crippen LogP contribution in [0.4, 0.5) is 5.69 Å². The number of nitrogen functional groups attached to an aromatic ring is 1. The summed E-state index contributed by atoms with van der Waals surface area (Å²) in [4.78, 5) is 4.05. The molecule has 0 aliphatic carbocycles. The molecule has 5 heteroatoms. The van der Waals surface area contributed by atoms with Crippen LogP contribution in [0, 0.1) is 0 Å². The van der Waals surface area contributed by atoms with Crippen LogP contribution in [0.2, 0.25) is 0 Å². The Hall–Kier alpha value is -2.27. The molecule has 0 amide bonds. The molecule has 0 bridgehead atoms. The van der Waals surface area contributed by atoms with Gasteiger partial charge in [0.15, 0.2) is 11.5 Å². The van der Waals surface area contributed by atoms with Crippen LogP contribution in [-0.2, 0) is 0 Å². The fourth-order valence-electron chi connectivity index (χ4n) is 1.90. The summed E-state index contributed by atoms with van der Waals surface area (Å²) in [5.74, 6) is 1.30. The van der Waals surface area contributed by atoms with E-state index in [1.54, 1.807) is 32.7 Å². The maximum Gasteiger partial charge on any atom is 0.161 e. The molecule has 100 valence electrons. The molecule has 19 heavy (non-hydrogen) atoms. The number of rotatable bonds is 4. The van der Waals surface area contributed by atoms with Gasteiger partial charge in [-0.3, -0.25) is 4.98 Å². The average Bonchev–Trinajstić information content (AvgIpc) is 2.46. The van der Waals surface area contributed by atoms with Crippen molar-refractivity contribution in [3.63, 3.8) is 0 Å². The number of anilines is 1. The van der Waals surface area contributed by atoms with Crippen molar-refractivity contribution in [2.75, 3.05) is 20.0 Å². The van der Waals surface area contributed by atoms with Crippen molar-refractivity contribution in [1.29, 1.82) is 0 Å². The lowest BCUT2D eigenvalue weighted by Gasteiger charge is -2.16. The van der Waals surface area contributed by atoms with E-state index >= 15 is 0 Å². The molecule has 2 rings (SSSR count). The van der Waals surface area contributed by atoms with Crippen LogP contribution in [0.3, 0.4) is 0 Å². The molecule has 1 aromatic carbocycles. The summed E-state index contributed by atoms with van der Waals surface area (Å²) in [6.45, 7) is 0. The minimum Gasteiger partial charge on any atom is -0.493 e. The van der Waals surface area contributed by atoms with Crippen molar-refractivity contribution < 1.29 is 9.47 Å². The van der Waals surface area contributed by atoms with Gasteiger partial charge >= 0.3 is 0 Å². The van der Waals surface area contributed by atoms with Crippen molar-refractivity contribution in [3.8, 4) is 11.5 Å². The van der Waals surface area contributed by atoms with Crippen molar-refractivity contribution >= 4 is 5.69 Å². The van der Waals surface area contributed by atoms with E-state index in [4.69, 9.17) is 20.9 Å². The summed E-state index contributed by atoms with van der Waals surface area (Å²) in [6.07, 6.45) is 3.32. The number of pyridine rings is 1. The minimum atomic E-state index is -0.353. The predicted octanol–water partition coefficient (Wildman–Crippen LogP) is 1.73. The molecule has 1 aromatic heterocycles. The molecule has 1 unspecified atom stereocenters. The maximum atomic E-state index is 6.22. The molecule has 4 N–H and O–H groups in total. The van der Waals surface area contributed by atoms with Gasteiger partial charge < -0.3 is 20.9 Å². The molecule has 0 aliphatic heterocycles. The molecule has 0 radical (unpaired) electrons. The van der Waals surface area contributed by atoms with Crippen LogP contribution >= 0.6 is 0 Å². The van der Waals surface area contributed by atoms with Gasteiger partial charge in [0, 0.05) is 23.6 Å². The zero-order chi connectivity index (χ0) is 13.8. The number of hydrogen-bond acceptors (Lipinski definition) is 5. The number of hydrogen-bond donors (Lipinski definition) is 2. The Bertz CT molecular complexity index is 572. The van der Waals surface area contributed by atoms with Gasteiger partial charge in [-0.25, -0.2) is 0 Å². The van der Waals surface area contributed by atoms with Gasteiger partial charge in [-0.15, -0.1) is 0 Å². The van der Waals surface area contributed by atoms with E-state index in [-0.39, 0.29) is 6.04 Å². The summed E-state index contributed by atoms with van der Waals surface area (Å²) < 4.78 is 10.5. The number of ether oxygens (including phenoxy) is 2. The van der Waals surface area contributed by atoms with Gasteiger partial charge in [-0.05, 0) is 23.8 Å². The summed E-state index contributed by atoms with van der Waals surface area (Å²) in [5.41, 5.74) is 14.4. The third kappa shape index (κ3) is 2.61. The Kier molecular flexibility index (Phi) is 3.87. The molecule has 0 saturated carbocycles. The number of nitrogens with zero attached hydrogens (tertiary/aromatic N) is 1. The van der Waals surface area contributed by atoms with Crippen LogP contribution in [-0.4, -0.2) is 19.2 Å². The third-order valence-electron chi connectivity index (χ3n) is 2.99. The van der Waals surface area contributed by atoms with Gasteiger partial charge in [-0.1, -0.05) is 6.07 Å². The van der Waals surface area contributed by atoms with E-state index in [1.807, 2.05) is 18.2 Å². The first-order valence-corrected chi connectivity index (χ1v) is 5.84. The van der Waals surface area contributed by atoms with Crippen LogP contribution in [0.5, 0.6) is 11.5 Å². The number of methoxy groups -OCH3 is 2. The smallest absolute Gasteiger partial charge is 0.161 e. The van der Waals surface area contributed by atoms with Gasteiger partial charge in [0.25, 0.3) is 0 Å². The molecule has 1 heterocycles. The molecule has 0 spiro atoms. The Balaban J connectivity index is 2.39. The Morgan fingerprint density at radius 1 is 1.11 bits per heavy atom. The van der Waals surface area contributed by atoms with E-state index in [9.17, 15) is 0 Å². The molecule has 0 saturated heterocycles. The second-order valence-electron chi connectivity index (χ2n) is 4.10. The molecule has 2 aromatic rings. The van der Waals surface area contributed by atoms with Crippen molar-refractivity contribution in [3.05, 3.63) is 47.8 Å². The number of nitrogens with two attached hydrogens (primary N) is 2. The van der Waals surface area contributed by atoms with Crippen molar-refractivity contribution in [2.45, 2.75) is 6.04 Å². The van der Waals surface area contributed by atoms with E-state index < -0.39 is 0 Å². The van der Waals surface area contributed by atoms with Gasteiger partial charge in [-0.2, -0.15) is 0 Å². The quantitative estimate of drug-likeness (QED) is 0.873.